The third-order valence-corrected chi connectivity index (χ3v) is 23.1. The Morgan fingerprint density at radius 1 is 0.314 bits per heavy atom. The van der Waals surface area contributed by atoms with E-state index in [1.165, 1.54) is 121 Å². The molecular formula is C105H90N4O9. The lowest BCUT2D eigenvalue weighted by Crippen LogP contribution is -2.10. The molecule has 0 saturated carbocycles. The Labute approximate surface area is 685 Å². The summed E-state index contributed by atoms with van der Waals surface area (Å²) in [5.41, 5.74) is 15.9. The first-order valence-electron chi connectivity index (χ1n) is 41.4. The molecule has 0 saturated heterocycles. The molecular weight excluding hydrogens is 1460 g/mol. The van der Waals surface area contributed by atoms with Crippen molar-refractivity contribution in [2.24, 2.45) is 0 Å². The van der Waals surface area contributed by atoms with Gasteiger partial charge in [-0.2, -0.15) is 0 Å². The van der Waals surface area contributed by atoms with Crippen molar-refractivity contribution in [3.8, 4) is 67.5 Å². The van der Waals surface area contributed by atoms with Crippen molar-refractivity contribution in [2.75, 3.05) is 37.9 Å². The van der Waals surface area contributed by atoms with Crippen molar-refractivity contribution < 1.29 is 43.5 Å². The number of pyridine rings is 2. The molecule has 2 N–H and O–H groups in total. The molecule has 0 bridgehead atoms. The number of aromatic carboxylic acids is 2. The van der Waals surface area contributed by atoms with Gasteiger partial charge in [0.1, 0.15) is 11.5 Å². The van der Waals surface area contributed by atoms with Gasteiger partial charge in [0.05, 0.1) is 33.0 Å². The summed E-state index contributed by atoms with van der Waals surface area (Å²) in [5.74, 6) is 0.0492. The SMILES string of the molecule is O=C(O)c1ncccc1OCCCCCCOc1ccc(-c2ccc3c(c2)c2cc(-c4ccc(OCCCCCCOc5cccnc5C(=O)O)cc4)ccc2n3CCCCCCOCc2ccc(N(c3ccc(-c4ccc5ccc6cccc7ccc4c5c67)cc3)c3ccc(-c4ccc5ccc6cccc7ccc4c5c67)cc3)cc2)cc1. The Hall–Kier alpha value is -13.6. The Morgan fingerprint density at radius 3 is 1.11 bits per heavy atom. The number of aryl methyl sites for hydroxylation is 1. The van der Waals surface area contributed by atoms with Gasteiger partial charge in [-0.1, -0.05) is 195 Å². The van der Waals surface area contributed by atoms with E-state index in [9.17, 15) is 19.8 Å². The molecule has 0 spiro atoms. The van der Waals surface area contributed by atoms with Crippen LogP contribution in [0.2, 0.25) is 0 Å². The van der Waals surface area contributed by atoms with Crippen LogP contribution in [0.5, 0.6) is 23.0 Å². The number of aromatic nitrogens is 3. The lowest BCUT2D eigenvalue weighted by Gasteiger charge is -2.26. The van der Waals surface area contributed by atoms with Crippen LogP contribution in [0.4, 0.5) is 17.1 Å². The zero-order chi connectivity index (χ0) is 79.7. The van der Waals surface area contributed by atoms with Gasteiger partial charge in [0.2, 0.25) is 0 Å². The molecule has 0 amide bonds. The van der Waals surface area contributed by atoms with Crippen molar-refractivity contribution >= 4 is 115 Å². The zero-order valence-corrected chi connectivity index (χ0v) is 65.8. The Morgan fingerprint density at radius 2 is 0.678 bits per heavy atom. The summed E-state index contributed by atoms with van der Waals surface area (Å²) in [6.45, 7) is 4.15. The van der Waals surface area contributed by atoms with E-state index >= 15 is 0 Å². The van der Waals surface area contributed by atoms with Crippen LogP contribution in [-0.4, -0.2) is 69.7 Å². The normalized spacial score (nSPS) is 11.7. The maximum absolute atomic E-state index is 11.5. The molecule has 0 aliphatic heterocycles. The number of anilines is 3. The van der Waals surface area contributed by atoms with Gasteiger partial charge in [0.15, 0.2) is 22.9 Å². The molecule has 13 heteroatoms. The number of carboxylic acids is 2. The fraction of sp³-hybridized carbons (Fsp3) is 0.181. The molecule has 3 heterocycles. The van der Waals surface area contributed by atoms with E-state index in [4.69, 9.17) is 23.7 Å². The lowest BCUT2D eigenvalue weighted by atomic mass is 9.90. The minimum Gasteiger partial charge on any atom is -0.494 e. The number of rotatable bonds is 36. The highest BCUT2D eigenvalue weighted by Crippen LogP contribution is 2.45. The number of hydrogen-bond acceptors (Lipinski definition) is 10. The minimum absolute atomic E-state index is 0.0674. The molecule has 3 aromatic heterocycles. The van der Waals surface area contributed by atoms with E-state index in [2.05, 4.69) is 286 Å². The maximum atomic E-state index is 11.5. The number of benzene rings is 15. The van der Waals surface area contributed by atoms with Crippen molar-refractivity contribution in [2.45, 2.75) is 90.2 Å². The molecule has 18 aromatic rings. The topological polar surface area (TPSA) is 155 Å². The summed E-state index contributed by atoms with van der Waals surface area (Å²) in [6, 6.07) is 105. The Kier molecular flexibility index (Phi) is 22.4. The average molecular weight is 1550 g/mol. The van der Waals surface area contributed by atoms with E-state index in [1.807, 2.05) is 0 Å². The predicted molar refractivity (Wildman–Crippen MR) is 479 cm³/mol. The molecule has 15 aromatic carbocycles. The molecule has 0 aliphatic rings. The molecule has 13 nitrogen and oxygen atoms in total. The maximum Gasteiger partial charge on any atom is 0.358 e. The van der Waals surface area contributed by atoms with Gasteiger partial charge in [0.25, 0.3) is 0 Å². The van der Waals surface area contributed by atoms with Crippen LogP contribution in [-0.2, 0) is 17.9 Å². The van der Waals surface area contributed by atoms with Crippen LogP contribution >= 0.6 is 0 Å². The van der Waals surface area contributed by atoms with Crippen molar-refractivity contribution in [3.63, 3.8) is 0 Å². The van der Waals surface area contributed by atoms with Gasteiger partial charge in [-0.15, -0.1) is 0 Å². The van der Waals surface area contributed by atoms with Gasteiger partial charge < -0.3 is 43.4 Å². The fourth-order valence-electron chi connectivity index (χ4n) is 17.1. The number of hydrogen-bond donors (Lipinski definition) is 2. The summed E-state index contributed by atoms with van der Waals surface area (Å²) in [7, 11) is 0. The van der Waals surface area contributed by atoms with Crippen LogP contribution in [0.1, 0.15) is 104 Å². The van der Waals surface area contributed by atoms with Crippen molar-refractivity contribution in [3.05, 3.63) is 321 Å². The van der Waals surface area contributed by atoms with Gasteiger partial charge >= 0.3 is 11.9 Å². The number of unbranched alkanes of at least 4 members (excludes halogenated alkanes) is 9. The summed E-state index contributed by atoms with van der Waals surface area (Å²) < 4.78 is 32.9. The first-order chi connectivity index (χ1) is 58.2. The minimum atomic E-state index is -1.10. The van der Waals surface area contributed by atoms with Crippen LogP contribution < -0.4 is 23.8 Å². The second-order valence-corrected chi connectivity index (χ2v) is 30.7. The van der Waals surface area contributed by atoms with Crippen LogP contribution in [0.15, 0.2) is 304 Å². The van der Waals surface area contributed by atoms with E-state index in [1.54, 1.807) is 24.3 Å². The summed E-state index contributed by atoms with van der Waals surface area (Å²) in [6.07, 6.45) is 14.3. The molecule has 0 fully saturated rings. The van der Waals surface area contributed by atoms with Gasteiger partial charge in [0, 0.05) is 64.4 Å². The number of ether oxygens (including phenoxy) is 5. The number of carboxylic acid groups (broad SMARTS) is 2. The van der Waals surface area contributed by atoms with Crippen LogP contribution in [0.3, 0.4) is 0 Å². The highest BCUT2D eigenvalue weighted by molar-refractivity contribution is 6.27. The van der Waals surface area contributed by atoms with E-state index in [-0.39, 0.29) is 11.4 Å². The smallest absolute Gasteiger partial charge is 0.358 e. The first-order valence-corrected chi connectivity index (χ1v) is 41.4. The molecule has 0 atom stereocenters. The van der Waals surface area contributed by atoms with Crippen LogP contribution in [0.25, 0.3) is 131 Å². The lowest BCUT2D eigenvalue weighted by molar-refractivity contribution is 0.0674. The van der Waals surface area contributed by atoms with E-state index in [0.717, 1.165) is 140 Å². The third-order valence-electron chi connectivity index (χ3n) is 23.1. The Balaban J connectivity index is 0.522. The van der Waals surface area contributed by atoms with Gasteiger partial charge in [-0.3, -0.25) is 0 Å². The molecule has 18 rings (SSSR count). The number of nitrogens with zero attached hydrogens (tertiary/aromatic N) is 4. The summed E-state index contributed by atoms with van der Waals surface area (Å²) in [5, 5.41) is 36.7. The molecule has 584 valence electrons. The summed E-state index contributed by atoms with van der Waals surface area (Å²) in [4.78, 5) is 33.3. The van der Waals surface area contributed by atoms with Crippen LogP contribution in [0, 0.1) is 0 Å². The van der Waals surface area contributed by atoms with Gasteiger partial charge in [-0.25, -0.2) is 19.6 Å². The van der Waals surface area contributed by atoms with E-state index in [0.29, 0.717) is 51.1 Å². The molecule has 0 aliphatic carbocycles. The second-order valence-electron chi connectivity index (χ2n) is 30.7. The number of fused-ring (bicyclic) bond motifs is 3. The summed E-state index contributed by atoms with van der Waals surface area (Å²) >= 11 is 0. The van der Waals surface area contributed by atoms with E-state index < -0.39 is 11.9 Å². The average Bonchev–Trinajstić information content (AvgIpc) is 0.883. The fourth-order valence-corrected chi connectivity index (χ4v) is 17.1. The highest BCUT2D eigenvalue weighted by atomic mass is 16.5. The monoisotopic (exact) mass is 1550 g/mol. The predicted octanol–water partition coefficient (Wildman–Crippen LogP) is 26.7. The first kappa shape index (κ1) is 75.7. The number of carbonyl (C=O) groups is 2. The van der Waals surface area contributed by atoms with Crippen molar-refractivity contribution in [1.29, 1.82) is 0 Å². The second kappa shape index (κ2) is 34.8. The van der Waals surface area contributed by atoms with Gasteiger partial charge in [-0.05, 0) is 288 Å². The highest BCUT2D eigenvalue weighted by Gasteiger charge is 2.21. The standard InChI is InChI=1S/C105H90N4O9/c110-104(111)102-96(21-15-59-106-102)117-65-11-5-3-9-63-115-86-49-33-71(34-50-86)81-41-57-94-92(67-81)93-68-82(72-35-51-87(52-36-72)116-64-10-4-6-12-66-118-97-22-16-60-107-103(97)105(112)113)42-58-95(93)108(94)61-7-1-2-8-62-114-69-70-23-43-83(44-24-70)109(84-45-29-73(30-46-84)88-53-37-79-27-25-75-17-13-19-77-39-55-90(88)100(79)98(75)77)85-47-31-74(32-48-85)89-54-38-80-28-26-76-18-14-20-78-40-56-91(89)101(80)99(76)78/h13-60,67-68H,1-12,61-66,69H2,(H,110,111)(H,112,113). The van der Waals surface area contributed by atoms with Crippen molar-refractivity contribution in [1.82, 2.24) is 14.5 Å². The Bertz CT molecular complexity index is 6190. The zero-order valence-electron chi connectivity index (χ0n) is 65.8. The quantitative estimate of drug-likeness (QED) is 0.0284. The molecule has 0 unspecified atom stereocenters. The largest absolute Gasteiger partial charge is 0.494 e. The third kappa shape index (κ3) is 16.1. The molecule has 0 radical (unpaired) electrons. The molecule has 118 heavy (non-hydrogen) atoms.